The summed E-state index contributed by atoms with van der Waals surface area (Å²) >= 11 is 0. The Kier molecular flexibility index (Phi) is 7.54. The molecule has 0 amide bonds. The first-order chi connectivity index (χ1) is 18.1. The quantitative estimate of drug-likeness (QED) is 0.418. The summed E-state index contributed by atoms with van der Waals surface area (Å²) in [6, 6.07) is 7.74. The number of benzene rings is 1. The molecule has 1 aromatic carbocycles. The van der Waals surface area contributed by atoms with Crippen LogP contribution in [0, 0.1) is 0 Å². The number of aliphatic carboxylic acids is 4. The minimum Gasteiger partial charge on any atom is -0.478 e. The first-order valence-corrected chi connectivity index (χ1v) is 12.0. The first-order valence-electron chi connectivity index (χ1n) is 12.0. The number of carboxylic acids is 4. The van der Waals surface area contributed by atoms with Crippen molar-refractivity contribution >= 4 is 40.6 Å². The number of nitrogens with zero attached hydrogens (tertiary/aromatic N) is 2. The third-order valence-corrected chi connectivity index (χ3v) is 6.85. The Labute approximate surface area is 217 Å². The second kappa shape index (κ2) is 10.8. The number of carbonyl (C=O) groups is 4. The number of carboxylic acid groups (broad SMARTS) is 4. The van der Waals surface area contributed by atoms with Gasteiger partial charge in [-0.15, -0.1) is 0 Å². The minimum absolute atomic E-state index is 0.154. The van der Waals surface area contributed by atoms with Gasteiger partial charge in [0.25, 0.3) is 0 Å². The number of rotatable bonds is 6. The SMILES string of the molecule is CN1CCC(=C2c3ccccc3CCc3c2ncc(/C(=C/C(=O)O)C(=O)O)c3/C(=C/C(=O)O)C(=O)O)CC1. The van der Waals surface area contributed by atoms with Crippen molar-refractivity contribution < 1.29 is 39.6 Å². The molecule has 10 heteroatoms. The van der Waals surface area contributed by atoms with Gasteiger partial charge in [-0.3, -0.25) is 4.98 Å². The molecular weight excluding hydrogens is 492 g/mol. The van der Waals surface area contributed by atoms with Crippen molar-refractivity contribution in [3.63, 3.8) is 0 Å². The maximum Gasteiger partial charge on any atom is 0.336 e. The van der Waals surface area contributed by atoms with Gasteiger partial charge < -0.3 is 25.3 Å². The van der Waals surface area contributed by atoms with Crippen molar-refractivity contribution in [2.24, 2.45) is 0 Å². The van der Waals surface area contributed by atoms with Crippen LogP contribution in [0.4, 0.5) is 0 Å². The van der Waals surface area contributed by atoms with Crippen molar-refractivity contribution in [1.82, 2.24) is 9.88 Å². The summed E-state index contributed by atoms with van der Waals surface area (Å²) in [5.74, 6) is -6.29. The summed E-state index contributed by atoms with van der Waals surface area (Å²) in [7, 11) is 2.02. The average Bonchev–Trinajstić information content (AvgIpc) is 3.02. The van der Waals surface area contributed by atoms with Crippen LogP contribution < -0.4 is 0 Å². The lowest BCUT2D eigenvalue weighted by Crippen LogP contribution is -2.27. The second-order valence-corrected chi connectivity index (χ2v) is 9.22. The third kappa shape index (κ3) is 5.25. The van der Waals surface area contributed by atoms with Crippen LogP contribution in [0.25, 0.3) is 16.7 Å². The number of hydrogen-bond acceptors (Lipinski definition) is 6. The lowest BCUT2D eigenvalue weighted by molar-refractivity contribution is -0.133. The molecule has 38 heavy (non-hydrogen) atoms. The van der Waals surface area contributed by atoms with E-state index in [0.29, 0.717) is 29.8 Å². The molecule has 0 radical (unpaired) electrons. The standard InChI is InChI=1S/C28H26N2O8/c1-30-10-8-16(9-11-30)24-17-5-3-2-4-15(17)6-7-18-25(20(28(37)38)13-23(33)34)21(14-29-26(18)24)19(27(35)36)12-22(31)32/h2-5,12-14H,6-11H2,1H3,(H,31,32)(H,33,34)(H,35,36)(H,37,38)/b19-12-,20-13-. The molecule has 4 N–H and O–H groups in total. The molecule has 10 nitrogen and oxygen atoms in total. The maximum atomic E-state index is 12.4. The summed E-state index contributed by atoms with van der Waals surface area (Å²) in [5.41, 5.74) is 2.92. The van der Waals surface area contributed by atoms with Crippen LogP contribution in [-0.4, -0.2) is 74.3 Å². The summed E-state index contributed by atoms with van der Waals surface area (Å²) in [4.78, 5) is 54.4. The Bertz CT molecular complexity index is 1440. The predicted molar refractivity (Wildman–Crippen MR) is 137 cm³/mol. The first kappa shape index (κ1) is 26.5. The van der Waals surface area contributed by atoms with E-state index in [1.165, 1.54) is 0 Å². The molecule has 0 saturated carbocycles. The van der Waals surface area contributed by atoms with Gasteiger partial charge in [0, 0.05) is 48.1 Å². The van der Waals surface area contributed by atoms with E-state index < -0.39 is 35.0 Å². The molecule has 0 bridgehead atoms. The van der Waals surface area contributed by atoms with Crippen LogP contribution in [0.5, 0.6) is 0 Å². The van der Waals surface area contributed by atoms with E-state index in [0.717, 1.165) is 54.4 Å². The molecule has 0 spiro atoms. The van der Waals surface area contributed by atoms with E-state index in [1.54, 1.807) is 0 Å². The summed E-state index contributed by atoms with van der Waals surface area (Å²) in [6.45, 7) is 1.62. The van der Waals surface area contributed by atoms with Crippen LogP contribution in [0.2, 0.25) is 0 Å². The van der Waals surface area contributed by atoms with Crippen LogP contribution in [0.3, 0.4) is 0 Å². The molecule has 1 fully saturated rings. The van der Waals surface area contributed by atoms with Gasteiger partial charge in [0.1, 0.15) is 0 Å². The molecule has 2 aromatic rings. The number of hydrogen-bond donors (Lipinski definition) is 4. The monoisotopic (exact) mass is 518 g/mol. The highest BCUT2D eigenvalue weighted by atomic mass is 16.4. The van der Waals surface area contributed by atoms with Gasteiger partial charge in [-0.25, -0.2) is 19.2 Å². The third-order valence-electron chi connectivity index (χ3n) is 6.85. The van der Waals surface area contributed by atoms with Crippen molar-refractivity contribution in [1.29, 1.82) is 0 Å². The van der Waals surface area contributed by atoms with Gasteiger partial charge in [0.15, 0.2) is 0 Å². The van der Waals surface area contributed by atoms with Gasteiger partial charge >= 0.3 is 23.9 Å². The number of pyridine rings is 1. The predicted octanol–water partition coefficient (Wildman–Crippen LogP) is 2.81. The topological polar surface area (TPSA) is 165 Å². The molecule has 2 heterocycles. The molecule has 1 saturated heterocycles. The summed E-state index contributed by atoms with van der Waals surface area (Å²) in [5, 5.41) is 38.6. The van der Waals surface area contributed by atoms with E-state index in [1.807, 2.05) is 31.3 Å². The van der Waals surface area contributed by atoms with Crippen molar-refractivity contribution in [2.45, 2.75) is 25.7 Å². The van der Waals surface area contributed by atoms with Crippen molar-refractivity contribution in [3.05, 3.63) is 81.7 Å². The Morgan fingerprint density at radius 3 is 2.05 bits per heavy atom. The Morgan fingerprint density at radius 1 is 0.842 bits per heavy atom. The molecule has 2 aliphatic rings. The number of aryl methyl sites for hydroxylation is 1. The Hall–Kier alpha value is -4.57. The normalized spacial score (nSPS) is 16.3. The van der Waals surface area contributed by atoms with Gasteiger partial charge in [0.2, 0.25) is 0 Å². The van der Waals surface area contributed by atoms with Crippen LogP contribution >= 0.6 is 0 Å². The second-order valence-electron chi connectivity index (χ2n) is 9.22. The Morgan fingerprint density at radius 2 is 1.45 bits per heavy atom. The average molecular weight is 519 g/mol. The van der Waals surface area contributed by atoms with Crippen molar-refractivity contribution in [3.8, 4) is 0 Å². The van der Waals surface area contributed by atoms with Gasteiger partial charge in [-0.1, -0.05) is 29.8 Å². The van der Waals surface area contributed by atoms with Crippen LogP contribution in [-0.2, 0) is 32.0 Å². The molecule has 196 valence electrons. The highest BCUT2D eigenvalue weighted by molar-refractivity contribution is 6.25. The lowest BCUT2D eigenvalue weighted by atomic mass is 9.85. The number of fused-ring (bicyclic) bond motifs is 2. The molecule has 1 aliphatic heterocycles. The number of aromatic nitrogens is 1. The zero-order chi connectivity index (χ0) is 27.6. The van der Waals surface area contributed by atoms with Crippen molar-refractivity contribution in [2.75, 3.05) is 20.1 Å². The van der Waals surface area contributed by atoms with E-state index in [2.05, 4.69) is 9.88 Å². The zero-order valence-corrected chi connectivity index (χ0v) is 20.6. The molecule has 0 unspecified atom stereocenters. The van der Waals surface area contributed by atoms with E-state index in [-0.39, 0.29) is 17.5 Å². The number of piperidine rings is 1. The molecular formula is C28H26N2O8. The lowest BCUT2D eigenvalue weighted by Gasteiger charge is -2.27. The van der Waals surface area contributed by atoms with Gasteiger partial charge in [0.05, 0.1) is 16.8 Å². The fourth-order valence-corrected chi connectivity index (χ4v) is 5.13. The maximum absolute atomic E-state index is 12.4. The summed E-state index contributed by atoms with van der Waals surface area (Å²) in [6.07, 6.45) is 4.29. The molecule has 1 aromatic heterocycles. The highest BCUT2D eigenvalue weighted by Gasteiger charge is 2.31. The molecule has 1 aliphatic carbocycles. The smallest absolute Gasteiger partial charge is 0.336 e. The number of likely N-dealkylation sites (tertiary alicyclic amines) is 1. The van der Waals surface area contributed by atoms with E-state index in [4.69, 9.17) is 0 Å². The molecule has 4 rings (SSSR count). The molecule has 0 atom stereocenters. The Balaban J connectivity index is 2.14. The largest absolute Gasteiger partial charge is 0.478 e. The van der Waals surface area contributed by atoms with Gasteiger partial charge in [-0.05, 0) is 49.4 Å². The van der Waals surface area contributed by atoms with Crippen LogP contribution in [0.15, 0.2) is 48.2 Å². The van der Waals surface area contributed by atoms with E-state index >= 15 is 0 Å². The minimum atomic E-state index is -1.61. The summed E-state index contributed by atoms with van der Waals surface area (Å²) < 4.78 is 0. The highest BCUT2D eigenvalue weighted by Crippen LogP contribution is 2.41. The fourth-order valence-electron chi connectivity index (χ4n) is 5.13. The zero-order valence-electron chi connectivity index (χ0n) is 20.6. The fraction of sp³-hybridized carbons (Fsp3) is 0.250. The van der Waals surface area contributed by atoms with E-state index in [9.17, 15) is 39.6 Å². The van der Waals surface area contributed by atoms with Gasteiger partial charge in [-0.2, -0.15) is 0 Å². The van der Waals surface area contributed by atoms with Crippen LogP contribution in [0.1, 0.15) is 46.4 Å².